The lowest BCUT2D eigenvalue weighted by Gasteiger charge is -2.13. The monoisotopic (exact) mass is 498 g/mol. The minimum absolute atomic E-state index is 0.406. The number of carboxylic acid groups (broad SMARTS) is 1. The Labute approximate surface area is 209 Å². The molecule has 178 valence electrons. The highest BCUT2D eigenvalue weighted by atomic mass is 35.5. The highest BCUT2D eigenvalue weighted by molar-refractivity contribution is 7.99. The first-order chi connectivity index (χ1) is 16.5. The smallest absolute Gasteiger partial charge is 0.341 e. The molecule has 0 saturated carbocycles. The van der Waals surface area contributed by atoms with Crippen LogP contribution in [0, 0.1) is 0 Å². The molecule has 0 saturated heterocycles. The fourth-order valence-corrected chi connectivity index (χ4v) is 4.42. The third-order valence-corrected chi connectivity index (χ3v) is 6.13. The number of halogens is 1. The molecular formula is C27H27ClO5S. The van der Waals surface area contributed by atoms with Crippen molar-refractivity contribution in [3.63, 3.8) is 0 Å². The highest BCUT2D eigenvalue weighted by Gasteiger charge is 2.10. The van der Waals surface area contributed by atoms with Crippen LogP contribution in [0.3, 0.4) is 0 Å². The maximum absolute atomic E-state index is 10.7. The molecule has 0 spiro atoms. The number of thioether (sulfide) groups is 1. The van der Waals surface area contributed by atoms with Gasteiger partial charge in [-0.2, -0.15) is 0 Å². The number of ether oxygens (including phenoxy) is 3. The average Bonchev–Trinajstić information content (AvgIpc) is 2.82. The molecule has 0 aliphatic carbocycles. The van der Waals surface area contributed by atoms with Crippen molar-refractivity contribution in [3.8, 4) is 17.2 Å². The molecular weight excluding hydrogens is 472 g/mol. The van der Waals surface area contributed by atoms with Crippen LogP contribution in [0.25, 0.3) is 5.57 Å². The summed E-state index contributed by atoms with van der Waals surface area (Å²) in [6.07, 6.45) is 2.16. The summed E-state index contributed by atoms with van der Waals surface area (Å²) in [5.41, 5.74) is 3.15. The van der Waals surface area contributed by atoms with Crippen LogP contribution in [-0.2, 0) is 4.79 Å². The van der Waals surface area contributed by atoms with Gasteiger partial charge in [-0.25, -0.2) is 4.79 Å². The van der Waals surface area contributed by atoms with E-state index in [1.165, 1.54) is 0 Å². The van der Waals surface area contributed by atoms with Crippen molar-refractivity contribution >= 4 is 34.9 Å². The van der Waals surface area contributed by atoms with Gasteiger partial charge in [-0.3, -0.25) is 0 Å². The van der Waals surface area contributed by atoms with E-state index in [9.17, 15) is 4.79 Å². The lowest BCUT2D eigenvalue weighted by atomic mass is 9.97. The molecule has 0 unspecified atom stereocenters. The van der Waals surface area contributed by atoms with Crippen molar-refractivity contribution < 1.29 is 24.1 Å². The standard InChI is InChI=1S/C27H27ClO5S/c1-3-31-21-9-5-7-19(15-21)24(20-8-6-10-22(16-20)32-4-2)13-14-34-26-12-11-23(17-25(26)28)33-18-27(29)30/h5-13,15-17H,3-4,14,18H2,1-2H3,(H,29,30). The second-order valence-corrected chi connectivity index (χ2v) is 8.59. The Morgan fingerprint density at radius 3 is 2.00 bits per heavy atom. The van der Waals surface area contributed by atoms with Crippen molar-refractivity contribution in [2.75, 3.05) is 25.6 Å². The Kier molecular flexibility index (Phi) is 9.74. The molecule has 3 aromatic carbocycles. The maximum atomic E-state index is 10.7. The van der Waals surface area contributed by atoms with Gasteiger partial charge in [-0.05, 0) is 73.0 Å². The summed E-state index contributed by atoms with van der Waals surface area (Å²) in [6.45, 7) is 4.73. The van der Waals surface area contributed by atoms with Gasteiger partial charge in [0, 0.05) is 10.6 Å². The molecule has 0 aliphatic heterocycles. The molecule has 3 aromatic rings. The first-order valence-corrected chi connectivity index (χ1v) is 12.3. The first-order valence-electron chi connectivity index (χ1n) is 10.9. The second kappa shape index (κ2) is 13.0. The van der Waals surface area contributed by atoms with E-state index in [-0.39, 0.29) is 0 Å². The number of hydrogen-bond donors (Lipinski definition) is 1. The molecule has 0 heterocycles. The minimum atomic E-state index is -1.03. The van der Waals surface area contributed by atoms with E-state index in [0.717, 1.165) is 33.1 Å². The van der Waals surface area contributed by atoms with E-state index in [0.29, 0.717) is 29.7 Å². The van der Waals surface area contributed by atoms with Gasteiger partial charge in [0.05, 0.1) is 18.2 Å². The largest absolute Gasteiger partial charge is 0.494 e. The van der Waals surface area contributed by atoms with Crippen LogP contribution >= 0.6 is 23.4 Å². The van der Waals surface area contributed by atoms with E-state index in [1.54, 1.807) is 23.9 Å². The van der Waals surface area contributed by atoms with Crippen molar-refractivity contribution in [2.45, 2.75) is 18.7 Å². The fourth-order valence-electron chi connectivity index (χ4n) is 3.29. The molecule has 34 heavy (non-hydrogen) atoms. The quantitative estimate of drug-likeness (QED) is 0.276. The molecule has 5 nitrogen and oxygen atoms in total. The van der Waals surface area contributed by atoms with Crippen LogP contribution in [0.15, 0.2) is 77.7 Å². The second-order valence-electron chi connectivity index (χ2n) is 7.13. The van der Waals surface area contributed by atoms with Crippen molar-refractivity contribution in [1.29, 1.82) is 0 Å². The van der Waals surface area contributed by atoms with E-state index >= 15 is 0 Å². The van der Waals surface area contributed by atoms with Crippen LogP contribution in [0.4, 0.5) is 0 Å². The fraction of sp³-hybridized carbons (Fsp3) is 0.222. The molecule has 0 aliphatic rings. The van der Waals surface area contributed by atoms with Crippen LogP contribution < -0.4 is 14.2 Å². The first kappa shape index (κ1) is 25.5. The molecule has 0 amide bonds. The Morgan fingerprint density at radius 2 is 1.47 bits per heavy atom. The number of carboxylic acids is 1. The van der Waals surface area contributed by atoms with E-state index in [2.05, 4.69) is 18.2 Å². The van der Waals surface area contributed by atoms with Gasteiger partial charge < -0.3 is 19.3 Å². The molecule has 0 aromatic heterocycles. The average molecular weight is 499 g/mol. The third kappa shape index (κ3) is 7.47. The highest BCUT2D eigenvalue weighted by Crippen LogP contribution is 2.33. The predicted molar refractivity (Wildman–Crippen MR) is 138 cm³/mol. The predicted octanol–water partition coefficient (Wildman–Crippen LogP) is 6.82. The molecule has 0 bridgehead atoms. The van der Waals surface area contributed by atoms with Gasteiger partial charge in [0.25, 0.3) is 0 Å². The summed E-state index contributed by atoms with van der Waals surface area (Å²) in [5, 5.41) is 9.28. The van der Waals surface area contributed by atoms with Crippen molar-refractivity contribution in [3.05, 3.63) is 89.0 Å². The van der Waals surface area contributed by atoms with E-state index in [4.69, 9.17) is 30.9 Å². The Hall–Kier alpha value is -3.09. The summed E-state index contributed by atoms with van der Waals surface area (Å²) in [5.74, 6) is 1.70. The zero-order valence-electron chi connectivity index (χ0n) is 19.1. The molecule has 0 radical (unpaired) electrons. The van der Waals surface area contributed by atoms with Gasteiger partial charge in [-0.1, -0.05) is 41.9 Å². The molecule has 7 heteroatoms. The lowest BCUT2D eigenvalue weighted by molar-refractivity contribution is -0.139. The Bertz CT molecular complexity index is 1090. The number of rotatable bonds is 12. The summed E-state index contributed by atoms with van der Waals surface area (Å²) >= 11 is 7.99. The number of hydrogen-bond acceptors (Lipinski definition) is 5. The van der Waals surface area contributed by atoms with Gasteiger partial charge >= 0.3 is 5.97 Å². The normalized spacial score (nSPS) is 10.4. The maximum Gasteiger partial charge on any atom is 0.341 e. The zero-order chi connectivity index (χ0) is 24.3. The van der Waals surface area contributed by atoms with Gasteiger partial charge in [0.15, 0.2) is 6.61 Å². The van der Waals surface area contributed by atoms with Crippen LogP contribution in [0.1, 0.15) is 25.0 Å². The van der Waals surface area contributed by atoms with Crippen LogP contribution in [0.2, 0.25) is 5.02 Å². The molecule has 0 atom stereocenters. The van der Waals surface area contributed by atoms with Gasteiger partial charge in [0.1, 0.15) is 17.2 Å². The van der Waals surface area contributed by atoms with Crippen LogP contribution in [0.5, 0.6) is 17.2 Å². The third-order valence-electron chi connectivity index (χ3n) is 4.70. The molecule has 0 fully saturated rings. The number of aliphatic carboxylic acids is 1. The minimum Gasteiger partial charge on any atom is -0.494 e. The van der Waals surface area contributed by atoms with Gasteiger partial charge in [0.2, 0.25) is 0 Å². The molecule has 3 rings (SSSR count). The summed E-state index contributed by atoms with van der Waals surface area (Å²) in [7, 11) is 0. The Morgan fingerprint density at radius 1 is 0.882 bits per heavy atom. The van der Waals surface area contributed by atoms with Gasteiger partial charge in [-0.15, -0.1) is 11.8 Å². The SMILES string of the molecule is CCOc1cccc(C(=CCSc2ccc(OCC(=O)O)cc2Cl)c2cccc(OCC)c2)c1. The van der Waals surface area contributed by atoms with Crippen molar-refractivity contribution in [2.24, 2.45) is 0 Å². The Balaban J connectivity index is 1.85. The zero-order valence-corrected chi connectivity index (χ0v) is 20.7. The summed E-state index contributed by atoms with van der Waals surface area (Å²) in [4.78, 5) is 11.6. The lowest BCUT2D eigenvalue weighted by Crippen LogP contribution is -2.09. The topological polar surface area (TPSA) is 65.0 Å². The van der Waals surface area contributed by atoms with Crippen molar-refractivity contribution in [1.82, 2.24) is 0 Å². The molecule has 1 N–H and O–H groups in total. The van der Waals surface area contributed by atoms with Crippen LogP contribution in [-0.4, -0.2) is 36.6 Å². The van der Waals surface area contributed by atoms with E-state index in [1.807, 2.05) is 56.3 Å². The number of benzene rings is 3. The summed E-state index contributed by atoms with van der Waals surface area (Å²) in [6, 6.07) is 21.3. The van der Waals surface area contributed by atoms with E-state index < -0.39 is 12.6 Å². The number of carbonyl (C=O) groups is 1. The summed E-state index contributed by atoms with van der Waals surface area (Å²) < 4.78 is 16.6.